The standard InChI is InChI=1S/C15H23BrN2O/c16-13-7-5-12(6-8-13)15(10-17)18-9-3-1-2-4-14(18)11-19/h5-8,14-15,19H,1-4,9-11,17H2. The van der Waals surface area contributed by atoms with E-state index in [1.165, 1.54) is 24.8 Å². The van der Waals surface area contributed by atoms with E-state index in [1.807, 2.05) is 0 Å². The van der Waals surface area contributed by atoms with Crippen LogP contribution in [0.15, 0.2) is 28.7 Å². The van der Waals surface area contributed by atoms with Gasteiger partial charge in [-0.25, -0.2) is 0 Å². The van der Waals surface area contributed by atoms with Gasteiger partial charge in [0, 0.05) is 23.1 Å². The normalized spacial score (nSPS) is 23.0. The molecule has 19 heavy (non-hydrogen) atoms. The third-order valence-electron chi connectivity index (χ3n) is 4.01. The highest BCUT2D eigenvalue weighted by Gasteiger charge is 2.27. The summed E-state index contributed by atoms with van der Waals surface area (Å²) < 4.78 is 1.08. The maximum atomic E-state index is 9.63. The average molecular weight is 327 g/mol. The largest absolute Gasteiger partial charge is 0.395 e. The Morgan fingerprint density at radius 2 is 2.00 bits per heavy atom. The molecule has 0 spiro atoms. The molecule has 4 heteroatoms. The van der Waals surface area contributed by atoms with Gasteiger partial charge in [-0.3, -0.25) is 4.90 Å². The highest BCUT2D eigenvalue weighted by atomic mass is 79.9. The van der Waals surface area contributed by atoms with Crippen LogP contribution in [-0.2, 0) is 0 Å². The van der Waals surface area contributed by atoms with Gasteiger partial charge in [-0.05, 0) is 37.1 Å². The molecule has 1 fully saturated rings. The highest BCUT2D eigenvalue weighted by molar-refractivity contribution is 9.10. The molecule has 3 N–H and O–H groups in total. The molecule has 106 valence electrons. The van der Waals surface area contributed by atoms with Crippen molar-refractivity contribution in [2.24, 2.45) is 5.73 Å². The summed E-state index contributed by atoms with van der Waals surface area (Å²) >= 11 is 3.47. The molecule has 2 unspecified atom stereocenters. The highest BCUT2D eigenvalue weighted by Crippen LogP contribution is 2.28. The lowest BCUT2D eigenvalue weighted by atomic mass is 10.0. The third-order valence-corrected chi connectivity index (χ3v) is 4.54. The molecule has 1 saturated heterocycles. The van der Waals surface area contributed by atoms with Crippen LogP contribution in [0, 0.1) is 0 Å². The molecule has 2 atom stereocenters. The minimum atomic E-state index is 0.211. The summed E-state index contributed by atoms with van der Waals surface area (Å²) in [6.45, 7) is 1.86. The van der Waals surface area contributed by atoms with Crippen molar-refractivity contribution in [3.63, 3.8) is 0 Å². The van der Waals surface area contributed by atoms with Crippen LogP contribution in [0.2, 0.25) is 0 Å². The van der Waals surface area contributed by atoms with Crippen LogP contribution in [0.25, 0.3) is 0 Å². The van der Waals surface area contributed by atoms with Gasteiger partial charge in [0.15, 0.2) is 0 Å². The molecule has 2 rings (SSSR count). The Morgan fingerprint density at radius 3 is 2.63 bits per heavy atom. The van der Waals surface area contributed by atoms with Crippen molar-refractivity contribution >= 4 is 15.9 Å². The maximum absolute atomic E-state index is 9.63. The van der Waals surface area contributed by atoms with Crippen LogP contribution < -0.4 is 5.73 Å². The number of nitrogens with two attached hydrogens (primary N) is 1. The number of nitrogens with zero attached hydrogens (tertiary/aromatic N) is 1. The predicted octanol–water partition coefficient (Wildman–Crippen LogP) is 2.69. The van der Waals surface area contributed by atoms with Crippen LogP contribution in [0.1, 0.15) is 37.3 Å². The number of likely N-dealkylation sites (tertiary alicyclic amines) is 1. The van der Waals surface area contributed by atoms with Gasteiger partial charge >= 0.3 is 0 Å². The molecule has 1 aliphatic rings. The molecule has 0 bridgehead atoms. The van der Waals surface area contributed by atoms with Crippen LogP contribution in [0.4, 0.5) is 0 Å². The Balaban J connectivity index is 2.20. The Bertz CT molecular complexity index is 382. The molecule has 1 aromatic rings. The van der Waals surface area contributed by atoms with Gasteiger partial charge in [-0.2, -0.15) is 0 Å². The van der Waals surface area contributed by atoms with Crippen molar-refractivity contribution in [1.82, 2.24) is 4.90 Å². The van der Waals surface area contributed by atoms with E-state index < -0.39 is 0 Å². The minimum absolute atomic E-state index is 0.211. The first-order valence-corrected chi connectivity index (χ1v) is 7.87. The van der Waals surface area contributed by atoms with Crippen molar-refractivity contribution in [3.05, 3.63) is 34.3 Å². The molecule has 1 aromatic carbocycles. The first-order valence-electron chi connectivity index (χ1n) is 7.08. The fourth-order valence-electron chi connectivity index (χ4n) is 2.95. The minimum Gasteiger partial charge on any atom is -0.395 e. The monoisotopic (exact) mass is 326 g/mol. The van der Waals surface area contributed by atoms with Gasteiger partial charge in [0.05, 0.1) is 6.61 Å². The second-order valence-electron chi connectivity index (χ2n) is 5.23. The zero-order valence-corrected chi connectivity index (χ0v) is 12.8. The Labute approximate surface area is 123 Å². The lowest BCUT2D eigenvalue weighted by Crippen LogP contribution is -2.43. The topological polar surface area (TPSA) is 49.5 Å². The molecule has 0 amide bonds. The van der Waals surface area contributed by atoms with Crippen LogP contribution >= 0.6 is 15.9 Å². The molecule has 0 saturated carbocycles. The molecule has 3 nitrogen and oxygen atoms in total. The van der Waals surface area contributed by atoms with E-state index in [9.17, 15) is 5.11 Å². The van der Waals surface area contributed by atoms with Crippen molar-refractivity contribution in [2.45, 2.75) is 37.8 Å². The summed E-state index contributed by atoms with van der Waals surface area (Å²) in [6.07, 6.45) is 4.73. The summed E-state index contributed by atoms with van der Waals surface area (Å²) in [5.74, 6) is 0. The summed E-state index contributed by atoms with van der Waals surface area (Å²) in [6, 6.07) is 8.83. The number of aliphatic hydroxyl groups is 1. The average Bonchev–Trinajstić information content (AvgIpc) is 2.67. The van der Waals surface area contributed by atoms with E-state index in [-0.39, 0.29) is 18.7 Å². The Kier molecular flexibility index (Phi) is 5.82. The van der Waals surface area contributed by atoms with Gasteiger partial charge in [-0.1, -0.05) is 40.9 Å². The zero-order chi connectivity index (χ0) is 13.7. The first kappa shape index (κ1) is 15.0. The summed E-state index contributed by atoms with van der Waals surface area (Å²) in [7, 11) is 0. The summed E-state index contributed by atoms with van der Waals surface area (Å²) in [5.41, 5.74) is 7.25. The number of rotatable bonds is 4. The predicted molar refractivity (Wildman–Crippen MR) is 82.0 cm³/mol. The van der Waals surface area contributed by atoms with Crippen LogP contribution in [-0.4, -0.2) is 35.7 Å². The third kappa shape index (κ3) is 3.78. The number of hydrogen-bond donors (Lipinski definition) is 2. The summed E-state index contributed by atoms with van der Waals surface area (Å²) in [5, 5.41) is 9.63. The smallest absolute Gasteiger partial charge is 0.0587 e. The molecular formula is C15H23BrN2O. The molecular weight excluding hydrogens is 304 g/mol. The summed E-state index contributed by atoms with van der Waals surface area (Å²) in [4.78, 5) is 2.40. The number of hydrogen-bond acceptors (Lipinski definition) is 3. The van der Waals surface area contributed by atoms with E-state index in [0.717, 1.165) is 17.4 Å². The van der Waals surface area contributed by atoms with Gasteiger partial charge in [0.25, 0.3) is 0 Å². The van der Waals surface area contributed by atoms with Gasteiger partial charge < -0.3 is 10.8 Å². The fraction of sp³-hybridized carbons (Fsp3) is 0.600. The van der Waals surface area contributed by atoms with Gasteiger partial charge in [-0.15, -0.1) is 0 Å². The number of aliphatic hydroxyl groups excluding tert-OH is 1. The van der Waals surface area contributed by atoms with Gasteiger partial charge in [0.1, 0.15) is 0 Å². The van der Waals surface area contributed by atoms with Crippen molar-refractivity contribution in [2.75, 3.05) is 19.7 Å². The second-order valence-corrected chi connectivity index (χ2v) is 6.14. The fourth-order valence-corrected chi connectivity index (χ4v) is 3.22. The maximum Gasteiger partial charge on any atom is 0.0587 e. The quantitative estimate of drug-likeness (QED) is 0.894. The van der Waals surface area contributed by atoms with Crippen LogP contribution in [0.3, 0.4) is 0 Å². The van der Waals surface area contributed by atoms with Crippen molar-refractivity contribution in [3.8, 4) is 0 Å². The van der Waals surface area contributed by atoms with Crippen LogP contribution in [0.5, 0.6) is 0 Å². The SMILES string of the molecule is NCC(c1ccc(Br)cc1)N1CCCCCC1CO. The second kappa shape index (κ2) is 7.39. The van der Waals surface area contributed by atoms with E-state index in [4.69, 9.17) is 5.73 Å². The van der Waals surface area contributed by atoms with Gasteiger partial charge in [0.2, 0.25) is 0 Å². The Morgan fingerprint density at radius 1 is 1.26 bits per heavy atom. The lowest BCUT2D eigenvalue weighted by molar-refractivity contribution is 0.0870. The Hall–Kier alpha value is -0.420. The molecule has 1 heterocycles. The number of benzene rings is 1. The molecule has 0 radical (unpaired) electrons. The van der Waals surface area contributed by atoms with E-state index in [2.05, 4.69) is 45.1 Å². The molecule has 0 aliphatic carbocycles. The number of halogens is 1. The van der Waals surface area contributed by atoms with E-state index in [0.29, 0.717) is 6.54 Å². The first-order chi connectivity index (χ1) is 9.26. The van der Waals surface area contributed by atoms with E-state index >= 15 is 0 Å². The zero-order valence-electron chi connectivity index (χ0n) is 11.3. The van der Waals surface area contributed by atoms with Crippen molar-refractivity contribution < 1.29 is 5.11 Å². The van der Waals surface area contributed by atoms with Crippen molar-refractivity contribution in [1.29, 1.82) is 0 Å². The lowest BCUT2D eigenvalue weighted by Gasteiger charge is -2.36. The van der Waals surface area contributed by atoms with E-state index in [1.54, 1.807) is 0 Å². The molecule has 1 aliphatic heterocycles. The molecule has 0 aromatic heterocycles.